The van der Waals surface area contributed by atoms with Crippen LogP contribution in [-0.4, -0.2) is 23.8 Å². The second-order valence-corrected chi connectivity index (χ2v) is 11.1. The summed E-state index contributed by atoms with van der Waals surface area (Å²) in [6.45, 7) is 0. The highest BCUT2D eigenvalue weighted by molar-refractivity contribution is 6.23. The van der Waals surface area contributed by atoms with E-state index < -0.39 is 0 Å². The van der Waals surface area contributed by atoms with Crippen molar-refractivity contribution in [1.82, 2.24) is 0 Å². The predicted molar refractivity (Wildman–Crippen MR) is 193 cm³/mol. The van der Waals surface area contributed by atoms with Gasteiger partial charge in [0, 0.05) is 11.1 Å². The number of para-hydroxylation sites is 4. The van der Waals surface area contributed by atoms with Crippen LogP contribution in [0, 0.1) is 0 Å². The highest BCUT2D eigenvalue weighted by Gasteiger charge is 2.22. The van der Waals surface area contributed by atoms with Gasteiger partial charge in [-0.15, -0.1) is 23.2 Å². The molecule has 0 N–H and O–H groups in total. The molecule has 6 rings (SSSR count). The van der Waals surface area contributed by atoms with Crippen LogP contribution in [0.25, 0.3) is 11.1 Å². The number of nitrogens with zero attached hydrogens (tertiary/aromatic N) is 2. The summed E-state index contributed by atoms with van der Waals surface area (Å²) in [5.41, 5.74) is 4.17. The quantitative estimate of drug-likeness (QED) is 0.101. The first-order chi connectivity index (χ1) is 23.6. The van der Waals surface area contributed by atoms with Crippen LogP contribution < -0.4 is 19.3 Å². The van der Waals surface area contributed by atoms with E-state index in [1.165, 1.54) is 9.80 Å². The number of anilines is 2. The van der Waals surface area contributed by atoms with Gasteiger partial charge in [-0.2, -0.15) is 0 Å². The molecule has 0 atom stereocenters. The summed E-state index contributed by atoms with van der Waals surface area (Å²) >= 11 is 12.5. The maximum atomic E-state index is 13.2. The summed E-state index contributed by atoms with van der Waals surface area (Å²) < 4.78 is 12.5. The van der Waals surface area contributed by atoms with Crippen molar-refractivity contribution in [2.75, 3.05) is 21.8 Å². The second-order valence-electron chi connectivity index (χ2n) is 10.6. The van der Waals surface area contributed by atoms with E-state index >= 15 is 0 Å². The van der Waals surface area contributed by atoms with Gasteiger partial charge in [-0.05, 0) is 83.9 Å². The minimum atomic E-state index is -0.218. The van der Waals surface area contributed by atoms with Gasteiger partial charge < -0.3 is 9.47 Å². The van der Waals surface area contributed by atoms with Gasteiger partial charge >= 0.3 is 0 Å². The maximum Gasteiger partial charge on any atom is 0.259 e. The number of amides is 2. The number of rotatable bonds is 11. The molecule has 0 heterocycles. The normalized spacial score (nSPS) is 10.6. The molecule has 6 aromatic carbocycles. The number of benzene rings is 6. The average molecular weight is 674 g/mol. The molecule has 0 bridgehead atoms. The largest absolute Gasteiger partial charge is 0.455 e. The molecule has 0 fully saturated rings. The molecule has 2 amide bonds. The molecule has 0 saturated carbocycles. The van der Waals surface area contributed by atoms with Crippen molar-refractivity contribution >= 4 is 46.4 Å². The summed E-state index contributed by atoms with van der Waals surface area (Å²) in [5.74, 6) is 1.80. The van der Waals surface area contributed by atoms with Crippen LogP contribution in [0.5, 0.6) is 23.0 Å². The summed E-state index contributed by atoms with van der Waals surface area (Å²) in [5, 5.41) is 0. The fourth-order valence-corrected chi connectivity index (χ4v) is 5.62. The molecule has 238 valence electrons. The van der Waals surface area contributed by atoms with Crippen LogP contribution in [-0.2, 0) is 0 Å². The number of hydrogen-bond acceptors (Lipinski definition) is 4. The van der Waals surface area contributed by atoms with Crippen molar-refractivity contribution in [3.05, 3.63) is 169 Å². The zero-order valence-corrected chi connectivity index (χ0v) is 27.2. The molecule has 0 aliphatic heterocycles. The van der Waals surface area contributed by atoms with Crippen LogP contribution >= 0.6 is 23.2 Å². The Balaban J connectivity index is 1.15. The Kier molecular flexibility index (Phi) is 10.4. The third-order valence-electron chi connectivity index (χ3n) is 7.58. The minimum Gasteiger partial charge on any atom is -0.455 e. The van der Waals surface area contributed by atoms with E-state index in [2.05, 4.69) is 0 Å². The zero-order valence-electron chi connectivity index (χ0n) is 25.7. The van der Waals surface area contributed by atoms with Crippen molar-refractivity contribution in [3.8, 4) is 34.1 Å². The third kappa shape index (κ3) is 7.36. The molecule has 6 nitrogen and oxygen atoms in total. The standard InChI is InChI=1S/C40H30Cl2N2O4/c41-27-43(39(45)31-11-3-1-4-12-31)35-15-7-9-17-37(35)47-33-23-19-29(20-24-33)30-21-25-34(26-22-30)48-38-18-10-8-16-36(38)44(28-42)40(46)32-13-5-2-6-14-32/h1-26H,27-28H2. The highest BCUT2D eigenvalue weighted by atomic mass is 35.5. The Morgan fingerprint density at radius 2 is 0.771 bits per heavy atom. The van der Waals surface area contributed by atoms with Gasteiger partial charge in [-0.1, -0.05) is 84.9 Å². The number of carbonyl (C=O) groups is 2. The number of hydrogen-bond donors (Lipinski definition) is 0. The Morgan fingerprint density at radius 1 is 0.438 bits per heavy atom. The van der Waals surface area contributed by atoms with Gasteiger partial charge in [0.1, 0.15) is 23.5 Å². The van der Waals surface area contributed by atoms with Gasteiger partial charge in [-0.25, -0.2) is 0 Å². The Labute approximate surface area is 289 Å². The molecule has 48 heavy (non-hydrogen) atoms. The molecule has 8 heteroatoms. The summed E-state index contributed by atoms with van der Waals surface area (Å²) in [7, 11) is 0. The Morgan fingerprint density at radius 3 is 1.12 bits per heavy atom. The number of alkyl halides is 2. The topological polar surface area (TPSA) is 59.1 Å². The second kappa shape index (κ2) is 15.4. The summed E-state index contributed by atoms with van der Waals surface area (Å²) in [4.78, 5) is 29.4. The first kappa shape index (κ1) is 32.4. The van der Waals surface area contributed by atoms with Gasteiger partial charge in [0.2, 0.25) is 0 Å². The predicted octanol–water partition coefficient (Wildman–Crippen LogP) is 10.6. The van der Waals surface area contributed by atoms with E-state index in [4.69, 9.17) is 32.7 Å². The fraction of sp³-hybridized carbons (Fsp3) is 0.0500. The molecule has 0 saturated heterocycles. The Bertz CT molecular complexity index is 1840. The van der Waals surface area contributed by atoms with E-state index in [1.54, 1.807) is 24.3 Å². The van der Waals surface area contributed by atoms with E-state index in [9.17, 15) is 9.59 Å². The minimum absolute atomic E-state index is 0.0326. The maximum absolute atomic E-state index is 13.2. The Hall–Kier alpha value is -5.56. The smallest absolute Gasteiger partial charge is 0.259 e. The van der Waals surface area contributed by atoms with Crippen molar-refractivity contribution in [3.63, 3.8) is 0 Å². The van der Waals surface area contributed by atoms with Crippen molar-refractivity contribution < 1.29 is 19.1 Å². The van der Waals surface area contributed by atoms with Crippen LogP contribution in [0.15, 0.2) is 158 Å². The van der Waals surface area contributed by atoms with Crippen LogP contribution in [0.1, 0.15) is 20.7 Å². The molecule has 6 aromatic rings. The first-order valence-corrected chi connectivity index (χ1v) is 16.2. The van der Waals surface area contributed by atoms with Crippen LogP contribution in [0.2, 0.25) is 0 Å². The molecule has 0 aliphatic carbocycles. The summed E-state index contributed by atoms with van der Waals surface area (Å²) in [6.07, 6.45) is 0. The lowest BCUT2D eigenvalue weighted by Gasteiger charge is -2.23. The van der Waals surface area contributed by atoms with Crippen molar-refractivity contribution in [1.29, 1.82) is 0 Å². The molecule has 0 unspecified atom stereocenters. The molecular formula is C40H30Cl2N2O4. The third-order valence-corrected chi connectivity index (χ3v) is 8.06. The summed E-state index contributed by atoms with van der Waals surface area (Å²) in [6, 6.07) is 47.9. The average Bonchev–Trinajstić information content (AvgIpc) is 3.15. The number of ether oxygens (including phenoxy) is 2. The van der Waals surface area contributed by atoms with E-state index in [-0.39, 0.29) is 23.8 Å². The van der Waals surface area contributed by atoms with E-state index in [0.717, 1.165) is 11.1 Å². The van der Waals surface area contributed by atoms with Gasteiger partial charge in [0.05, 0.1) is 11.4 Å². The number of carbonyl (C=O) groups excluding carboxylic acids is 2. The van der Waals surface area contributed by atoms with Gasteiger partial charge in [0.15, 0.2) is 11.5 Å². The first-order valence-electron chi connectivity index (χ1n) is 15.2. The fourth-order valence-electron chi connectivity index (χ4n) is 5.15. The highest BCUT2D eigenvalue weighted by Crippen LogP contribution is 2.36. The monoisotopic (exact) mass is 672 g/mol. The van der Waals surface area contributed by atoms with Gasteiger partial charge in [-0.3, -0.25) is 19.4 Å². The molecule has 0 aromatic heterocycles. The lowest BCUT2D eigenvalue weighted by Crippen LogP contribution is -2.29. The zero-order chi connectivity index (χ0) is 33.3. The van der Waals surface area contributed by atoms with Crippen LogP contribution in [0.3, 0.4) is 0 Å². The molecule has 0 aliphatic rings. The molecule has 0 radical (unpaired) electrons. The lowest BCUT2D eigenvalue weighted by molar-refractivity contribution is 0.0983. The number of halogens is 2. The van der Waals surface area contributed by atoms with E-state index in [1.807, 2.05) is 133 Å². The van der Waals surface area contributed by atoms with Gasteiger partial charge in [0.25, 0.3) is 11.8 Å². The van der Waals surface area contributed by atoms with Crippen molar-refractivity contribution in [2.45, 2.75) is 0 Å². The molecule has 0 spiro atoms. The molecular weight excluding hydrogens is 643 g/mol. The van der Waals surface area contributed by atoms with E-state index in [0.29, 0.717) is 45.5 Å². The van der Waals surface area contributed by atoms with Crippen LogP contribution in [0.4, 0.5) is 11.4 Å². The van der Waals surface area contributed by atoms with Crippen molar-refractivity contribution in [2.24, 2.45) is 0 Å². The lowest BCUT2D eigenvalue weighted by atomic mass is 10.1. The SMILES string of the molecule is O=C(c1ccccc1)N(CCl)c1ccccc1Oc1ccc(-c2ccc(Oc3ccccc3N(CCl)C(=O)c3ccccc3)cc2)cc1.